The third-order valence-electron chi connectivity index (χ3n) is 6.76. The highest BCUT2D eigenvalue weighted by Crippen LogP contribution is 2.61. The van der Waals surface area contributed by atoms with Gasteiger partial charge in [-0.25, -0.2) is 0 Å². The molecule has 4 fully saturated rings. The molecule has 1 aromatic rings. The fourth-order valence-corrected chi connectivity index (χ4v) is 5.89. The number of nitrogens with zero attached hydrogens (tertiary/aromatic N) is 2. The molecule has 0 aliphatic heterocycles. The van der Waals surface area contributed by atoms with E-state index in [1.54, 1.807) is 18.5 Å². The molecule has 26 heavy (non-hydrogen) atoms. The van der Waals surface area contributed by atoms with Gasteiger partial charge in [0.25, 0.3) is 5.91 Å². The zero-order chi connectivity index (χ0) is 18.1. The lowest BCUT2D eigenvalue weighted by atomic mass is 9.48. The molecule has 1 amide bonds. The van der Waals surface area contributed by atoms with Crippen LogP contribution in [0.5, 0.6) is 0 Å². The molecule has 4 aliphatic carbocycles. The number of rotatable bonds is 5. The van der Waals surface area contributed by atoms with Gasteiger partial charge in [-0.3, -0.25) is 9.78 Å². The van der Waals surface area contributed by atoms with Crippen LogP contribution in [0.3, 0.4) is 0 Å². The van der Waals surface area contributed by atoms with Crippen LogP contribution in [0.15, 0.2) is 36.3 Å². The van der Waals surface area contributed by atoms with Crippen LogP contribution in [0.25, 0.3) is 0 Å². The van der Waals surface area contributed by atoms with Crippen molar-refractivity contribution in [2.45, 2.75) is 51.5 Å². The molecule has 1 atom stereocenters. The van der Waals surface area contributed by atoms with Gasteiger partial charge in [-0.05, 0) is 80.8 Å². The van der Waals surface area contributed by atoms with E-state index in [0.29, 0.717) is 0 Å². The summed E-state index contributed by atoms with van der Waals surface area (Å²) in [5.74, 6) is 2.25. The molecule has 0 saturated heterocycles. The van der Waals surface area contributed by atoms with Crippen LogP contribution in [0.2, 0.25) is 0 Å². The van der Waals surface area contributed by atoms with Crippen LogP contribution in [-0.4, -0.2) is 16.9 Å². The van der Waals surface area contributed by atoms with Crippen LogP contribution in [0.1, 0.15) is 45.4 Å². The first-order valence-corrected chi connectivity index (χ1v) is 9.66. The molecule has 4 bridgehead atoms. The van der Waals surface area contributed by atoms with Crippen LogP contribution >= 0.6 is 0 Å². The first-order chi connectivity index (χ1) is 12.6. The van der Waals surface area contributed by atoms with Gasteiger partial charge in [0.05, 0.1) is 11.9 Å². The second kappa shape index (κ2) is 6.75. The zero-order valence-corrected chi connectivity index (χ0v) is 15.2. The van der Waals surface area contributed by atoms with Crippen molar-refractivity contribution in [3.63, 3.8) is 0 Å². The fraction of sp³-hybridized carbons (Fsp3) is 0.571. The summed E-state index contributed by atoms with van der Waals surface area (Å²) in [6.07, 6.45) is 12.7. The van der Waals surface area contributed by atoms with Crippen molar-refractivity contribution < 1.29 is 4.79 Å². The molecule has 1 aromatic heterocycles. The normalized spacial score (nSPS) is 33.4. The summed E-state index contributed by atoms with van der Waals surface area (Å²) < 4.78 is 0. The predicted molar refractivity (Wildman–Crippen MR) is 99.8 cm³/mol. The van der Waals surface area contributed by atoms with Gasteiger partial charge in [0.2, 0.25) is 0 Å². The largest absolute Gasteiger partial charge is 0.359 e. The summed E-state index contributed by atoms with van der Waals surface area (Å²) in [6.45, 7) is 2.13. The molecule has 0 radical (unpaired) electrons. The lowest BCUT2D eigenvalue weighted by Gasteiger charge is -2.59. The maximum absolute atomic E-state index is 12.6. The van der Waals surface area contributed by atoms with Gasteiger partial charge >= 0.3 is 0 Å². The molecule has 5 heteroatoms. The van der Waals surface area contributed by atoms with Crippen molar-refractivity contribution in [2.75, 3.05) is 5.32 Å². The van der Waals surface area contributed by atoms with Gasteiger partial charge in [0, 0.05) is 18.4 Å². The maximum atomic E-state index is 12.6. The summed E-state index contributed by atoms with van der Waals surface area (Å²) in [6, 6.07) is 5.77. The fourth-order valence-electron chi connectivity index (χ4n) is 5.89. The van der Waals surface area contributed by atoms with E-state index in [2.05, 4.69) is 22.5 Å². The van der Waals surface area contributed by atoms with Crippen molar-refractivity contribution >= 4 is 11.6 Å². The monoisotopic (exact) mass is 350 g/mol. The molecule has 0 spiro atoms. The number of aromatic nitrogens is 1. The second-order valence-corrected chi connectivity index (χ2v) is 8.53. The number of carbonyl (C=O) groups is 1. The third kappa shape index (κ3) is 3.21. The maximum Gasteiger partial charge on any atom is 0.263 e. The highest BCUT2D eigenvalue weighted by atomic mass is 16.1. The number of carbonyl (C=O) groups excluding carboxylic acids is 1. The van der Waals surface area contributed by atoms with E-state index < -0.39 is 0 Å². The van der Waals surface area contributed by atoms with E-state index >= 15 is 0 Å². The molecule has 2 N–H and O–H groups in total. The first kappa shape index (κ1) is 17.1. The number of amides is 1. The predicted octanol–water partition coefficient (Wildman–Crippen LogP) is 3.62. The van der Waals surface area contributed by atoms with Gasteiger partial charge in [0.1, 0.15) is 11.6 Å². The van der Waals surface area contributed by atoms with E-state index in [9.17, 15) is 10.1 Å². The van der Waals surface area contributed by atoms with Crippen molar-refractivity contribution in [2.24, 2.45) is 23.2 Å². The van der Waals surface area contributed by atoms with Gasteiger partial charge < -0.3 is 10.6 Å². The lowest BCUT2D eigenvalue weighted by Crippen LogP contribution is -2.56. The minimum absolute atomic E-state index is 0.102. The topological polar surface area (TPSA) is 77.8 Å². The van der Waals surface area contributed by atoms with Crippen molar-refractivity contribution in [1.82, 2.24) is 10.3 Å². The van der Waals surface area contributed by atoms with E-state index in [0.717, 1.165) is 23.4 Å². The molecule has 0 aromatic carbocycles. The Morgan fingerprint density at radius 2 is 1.96 bits per heavy atom. The van der Waals surface area contributed by atoms with E-state index in [1.165, 1.54) is 44.7 Å². The summed E-state index contributed by atoms with van der Waals surface area (Å²) in [5.41, 5.74) is 1.09. The Hall–Kier alpha value is -2.35. The number of anilines is 1. The Balaban J connectivity index is 1.42. The second-order valence-electron chi connectivity index (χ2n) is 8.53. The van der Waals surface area contributed by atoms with E-state index in [4.69, 9.17) is 0 Å². The third-order valence-corrected chi connectivity index (χ3v) is 6.76. The highest BCUT2D eigenvalue weighted by Gasteiger charge is 2.53. The molecule has 1 unspecified atom stereocenters. The molecule has 5 rings (SSSR count). The average molecular weight is 350 g/mol. The van der Waals surface area contributed by atoms with Crippen molar-refractivity contribution in [3.05, 3.63) is 36.3 Å². The number of pyridine rings is 1. The minimum atomic E-state index is -0.285. The molecule has 4 saturated carbocycles. The van der Waals surface area contributed by atoms with Gasteiger partial charge in [-0.15, -0.1) is 0 Å². The number of hydrogen-bond donors (Lipinski definition) is 2. The quantitative estimate of drug-likeness (QED) is 0.628. The summed E-state index contributed by atoms with van der Waals surface area (Å²) in [4.78, 5) is 16.7. The van der Waals surface area contributed by atoms with Crippen molar-refractivity contribution in [1.29, 1.82) is 5.26 Å². The molecular formula is C21H26N4O. The Labute approximate surface area is 154 Å². The van der Waals surface area contributed by atoms with Crippen LogP contribution in [0.4, 0.5) is 5.69 Å². The van der Waals surface area contributed by atoms with E-state index in [-0.39, 0.29) is 22.9 Å². The summed E-state index contributed by atoms with van der Waals surface area (Å²) in [7, 11) is 0. The smallest absolute Gasteiger partial charge is 0.263 e. The Morgan fingerprint density at radius 1 is 1.31 bits per heavy atom. The molecular weight excluding hydrogens is 324 g/mol. The highest BCUT2D eigenvalue weighted by molar-refractivity contribution is 5.97. The number of nitriles is 1. The summed E-state index contributed by atoms with van der Waals surface area (Å²) in [5, 5.41) is 15.5. The molecule has 5 nitrogen and oxygen atoms in total. The van der Waals surface area contributed by atoms with Gasteiger partial charge in [0.15, 0.2) is 0 Å². The standard InChI is InChI=1S/C21H26N4O/c1-14(21-8-15-5-16(9-21)7-17(6-15)10-21)25-20(26)18(11-22)12-24-19-3-2-4-23-13-19/h2-4,12-17,24H,5-10H2,1H3,(H,25,26)/b18-12-. The average Bonchev–Trinajstić information content (AvgIpc) is 2.62. The molecule has 4 aliphatic rings. The number of nitrogens with one attached hydrogen (secondary N) is 2. The SMILES string of the molecule is CC(NC(=O)/C(C#N)=C\Nc1cccnc1)C12CC3CC(CC(C3)C1)C2. The Bertz CT molecular complexity index is 714. The molecule has 1 heterocycles. The zero-order valence-electron chi connectivity index (χ0n) is 15.2. The van der Waals surface area contributed by atoms with Gasteiger partial charge in [-0.1, -0.05) is 0 Å². The number of hydrogen-bond acceptors (Lipinski definition) is 4. The first-order valence-electron chi connectivity index (χ1n) is 9.66. The van der Waals surface area contributed by atoms with E-state index in [1.807, 2.05) is 12.1 Å². The van der Waals surface area contributed by atoms with Crippen molar-refractivity contribution in [3.8, 4) is 6.07 Å². The minimum Gasteiger partial charge on any atom is -0.359 e. The molecule has 136 valence electrons. The Kier molecular flexibility index (Phi) is 4.44. The van der Waals surface area contributed by atoms with Crippen LogP contribution in [0, 0.1) is 34.5 Å². The lowest BCUT2D eigenvalue weighted by molar-refractivity contribution is -0.122. The Morgan fingerprint density at radius 3 is 2.50 bits per heavy atom. The van der Waals surface area contributed by atoms with Crippen LogP contribution < -0.4 is 10.6 Å². The van der Waals surface area contributed by atoms with Gasteiger partial charge in [-0.2, -0.15) is 5.26 Å². The summed E-state index contributed by atoms with van der Waals surface area (Å²) >= 11 is 0. The van der Waals surface area contributed by atoms with Crippen LogP contribution in [-0.2, 0) is 4.79 Å².